The molecule has 0 saturated heterocycles. The molecule has 1 aromatic heterocycles. The Balaban J connectivity index is 2.95. The van der Waals surface area contributed by atoms with Gasteiger partial charge >= 0.3 is 0 Å². The molecule has 5 nitrogen and oxygen atoms in total. The number of nitrogens with one attached hydrogen (secondary N) is 1. The summed E-state index contributed by atoms with van der Waals surface area (Å²) in [6.45, 7) is 10.1. The van der Waals surface area contributed by atoms with Gasteiger partial charge in [-0.25, -0.2) is 4.68 Å². The smallest absolute Gasteiger partial charge is 0.0808 e. The molecule has 18 heavy (non-hydrogen) atoms. The first-order chi connectivity index (χ1) is 8.65. The first-order valence-corrected chi connectivity index (χ1v) is 6.82. The normalized spacial score (nSPS) is 15.0. The standard InChI is InChI=1S/C13H26N4O/c1-6-8-17-11(9-15-16-17)12(14-5)13(10(3)4)18-7-2/h9-10,12-14H,6-8H2,1-5H3. The first kappa shape index (κ1) is 15.1. The minimum Gasteiger partial charge on any atom is -0.376 e. The number of ether oxygens (including phenoxy) is 1. The van der Waals surface area contributed by atoms with E-state index in [9.17, 15) is 0 Å². The molecular weight excluding hydrogens is 228 g/mol. The van der Waals surface area contributed by atoms with Crippen molar-refractivity contribution in [2.24, 2.45) is 5.92 Å². The van der Waals surface area contributed by atoms with E-state index in [4.69, 9.17) is 4.74 Å². The lowest BCUT2D eigenvalue weighted by Crippen LogP contribution is -2.37. The van der Waals surface area contributed by atoms with Crippen molar-refractivity contribution in [3.8, 4) is 0 Å². The van der Waals surface area contributed by atoms with Gasteiger partial charge in [-0.05, 0) is 26.3 Å². The third-order valence-electron chi connectivity index (χ3n) is 3.06. The summed E-state index contributed by atoms with van der Waals surface area (Å²) >= 11 is 0. The largest absolute Gasteiger partial charge is 0.376 e. The van der Waals surface area contributed by atoms with Crippen LogP contribution in [0.15, 0.2) is 6.20 Å². The molecule has 1 heterocycles. The molecule has 2 atom stereocenters. The maximum absolute atomic E-state index is 5.88. The molecule has 0 aromatic carbocycles. The van der Waals surface area contributed by atoms with E-state index in [0.717, 1.165) is 25.3 Å². The van der Waals surface area contributed by atoms with E-state index in [1.54, 1.807) is 0 Å². The van der Waals surface area contributed by atoms with Gasteiger partial charge in [0.2, 0.25) is 0 Å². The summed E-state index contributed by atoms with van der Waals surface area (Å²) in [5, 5.41) is 11.5. The second-order valence-electron chi connectivity index (χ2n) is 4.81. The summed E-state index contributed by atoms with van der Waals surface area (Å²) in [5.74, 6) is 0.437. The van der Waals surface area contributed by atoms with E-state index < -0.39 is 0 Å². The van der Waals surface area contributed by atoms with Crippen molar-refractivity contribution in [1.82, 2.24) is 20.3 Å². The fourth-order valence-electron chi connectivity index (χ4n) is 2.24. The number of rotatable bonds is 8. The molecule has 0 fully saturated rings. The number of aromatic nitrogens is 3. The highest BCUT2D eigenvalue weighted by Crippen LogP contribution is 2.24. The predicted octanol–water partition coefficient (Wildman–Crippen LogP) is 2.01. The van der Waals surface area contributed by atoms with Crippen LogP contribution in [0.1, 0.15) is 45.9 Å². The molecule has 0 amide bonds. The van der Waals surface area contributed by atoms with Crippen LogP contribution < -0.4 is 5.32 Å². The van der Waals surface area contributed by atoms with Crippen molar-refractivity contribution in [3.63, 3.8) is 0 Å². The second-order valence-corrected chi connectivity index (χ2v) is 4.81. The lowest BCUT2D eigenvalue weighted by atomic mass is 9.97. The lowest BCUT2D eigenvalue weighted by molar-refractivity contribution is 0.00253. The molecule has 0 aliphatic rings. The molecule has 0 bridgehead atoms. The summed E-state index contributed by atoms with van der Waals surface area (Å²) in [4.78, 5) is 0. The molecule has 1 N–H and O–H groups in total. The Bertz CT molecular complexity index is 337. The van der Waals surface area contributed by atoms with Gasteiger partial charge in [0.25, 0.3) is 0 Å². The number of nitrogens with zero attached hydrogens (tertiary/aromatic N) is 3. The summed E-state index contributed by atoms with van der Waals surface area (Å²) in [6.07, 6.45) is 3.02. The number of likely N-dealkylation sites (N-methyl/N-ethyl adjacent to an activating group) is 1. The molecule has 0 radical (unpaired) electrons. The Hall–Kier alpha value is -0.940. The highest BCUT2D eigenvalue weighted by Gasteiger charge is 2.28. The van der Waals surface area contributed by atoms with Crippen LogP contribution in [-0.4, -0.2) is 34.8 Å². The molecule has 0 aliphatic heterocycles. The van der Waals surface area contributed by atoms with E-state index in [1.807, 2.05) is 24.9 Å². The molecule has 0 saturated carbocycles. The van der Waals surface area contributed by atoms with Gasteiger partial charge in [-0.1, -0.05) is 26.0 Å². The van der Waals surface area contributed by atoms with Crippen LogP contribution in [0.3, 0.4) is 0 Å². The average molecular weight is 254 g/mol. The molecule has 0 spiro atoms. The third-order valence-corrected chi connectivity index (χ3v) is 3.06. The molecule has 104 valence electrons. The Labute approximate surface area is 110 Å². The highest BCUT2D eigenvalue weighted by atomic mass is 16.5. The zero-order valence-electron chi connectivity index (χ0n) is 12.2. The number of hydrogen-bond acceptors (Lipinski definition) is 4. The minimum absolute atomic E-state index is 0.131. The molecule has 1 rings (SSSR count). The van der Waals surface area contributed by atoms with E-state index in [1.165, 1.54) is 0 Å². The Morgan fingerprint density at radius 1 is 1.39 bits per heavy atom. The van der Waals surface area contributed by atoms with Gasteiger partial charge in [-0.15, -0.1) is 5.10 Å². The molecular formula is C13H26N4O. The van der Waals surface area contributed by atoms with Crippen LogP contribution in [0.4, 0.5) is 0 Å². The van der Waals surface area contributed by atoms with Gasteiger partial charge in [0.15, 0.2) is 0 Å². The summed E-state index contributed by atoms with van der Waals surface area (Å²) in [6, 6.07) is 0.131. The summed E-state index contributed by atoms with van der Waals surface area (Å²) < 4.78 is 7.85. The minimum atomic E-state index is 0.131. The summed E-state index contributed by atoms with van der Waals surface area (Å²) in [5.41, 5.74) is 1.10. The van der Waals surface area contributed by atoms with E-state index in [2.05, 4.69) is 36.4 Å². The Kier molecular flexibility index (Phi) is 6.29. The second kappa shape index (κ2) is 7.48. The van der Waals surface area contributed by atoms with Crippen molar-refractivity contribution >= 4 is 0 Å². The average Bonchev–Trinajstić information content (AvgIpc) is 2.78. The Morgan fingerprint density at radius 3 is 2.61 bits per heavy atom. The van der Waals surface area contributed by atoms with Crippen molar-refractivity contribution in [1.29, 1.82) is 0 Å². The van der Waals surface area contributed by atoms with Crippen LogP contribution in [0.25, 0.3) is 0 Å². The topological polar surface area (TPSA) is 52.0 Å². The van der Waals surface area contributed by atoms with Gasteiger partial charge < -0.3 is 10.1 Å². The van der Waals surface area contributed by atoms with E-state index >= 15 is 0 Å². The lowest BCUT2D eigenvalue weighted by Gasteiger charge is -2.29. The summed E-state index contributed by atoms with van der Waals surface area (Å²) in [7, 11) is 1.96. The van der Waals surface area contributed by atoms with Crippen molar-refractivity contribution in [2.45, 2.75) is 52.8 Å². The van der Waals surface area contributed by atoms with Crippen LogP contribution in [0.5, 0.6) is 0 Å². The fourth-order valence-corrected chi connectivity index (χ4v) is 2.24. The maximum atomic E-state index is 5.88. The van der Waals surface area contributed by atoms with Crippen molar-refractivity contribution in [3.05, 3.63) is 11.9 Å². The van der Waals surface area contributed by atoms with E-state index in [0.29, 0.717) is 5.92 Å². The molecule has 0 aliphatic carbocycles. The molecule has 5 heteroatoms. The molecule has 2 unspecified atom stereocenters. The van der Waals surface area contributed by atoms with Gasteiger partial charge in [0.1, 0.15) is 0 Å². The third kappa shape index (κ3) is 3.53. The van der Waals surface area contributed by atoms with Gasteiger partial charge in [0.05, 0.1) is 24.0 Å². The predicted molar refractivity (Wildman–Crippen MR) is 72.4 cm³/mol. The quantitative estimate of drug-likeness (QED) is 0.771. The number of aryl methyl sites for hydroxylation is 1. The van der Waals surface area contributed by atoms with Crippen molar-refractivity contribution < 1.29 is 4.74 Å². The van der Waals surface area contributed by atoms with Crippen LogP contribution in [0, 0.1) is 5.92 Å². The van der Waals surface area contributed by atoms with Crippen LogP contribution in [0.2, 0.25) is 0 Å². The van der Waals surface area contributed by atoms with E-state index in [-0.39, 0.29) is 12.1 Å². The van der Waals surface area contributed by atoms with Crippen LogP contribution in [-0.2, 0) is 11.3 Å². The first-order valence-electron chi connectivity index (χ1n) is 6.82. The number of hydrogen-bond donors (Lipinski definition) is 1. The van der Waals surface area contributed by atoms with Gasteiger partial charge in [-0.3, -0.25) is 0 Å². The zero-order chi connectivity index (χ0) is 13.5. The zero-order valence-corrected chi connectivity index (χ0v) is 12.2. The van der Waals surface area contributed by atoms with Crippen LogP contribution >= 0.6 is 0 Å². The van der Waals surface area contributed by atoms with Gasteiger partial charge in [-0.2, -0.15) is 0 Å². The molecule has 1 aromatic rings. The highest BCUT2D eigenvalue weighted by molar-refractivity contribution is 5.05. The maximum Gasteiger partial charge on any atom is 0.0808 e. The van der Waals surface area contributed by atoms with Gasteiger partial charge in [0, 0.05) is 13.2 Å². The fraction of sp³-hybridized carbons (Fsp3) is 0.846. The Morgan fingerprint density at radius 2 is 2.11 bits per heavy atom. The SMILES string of the molecule is CCCn1nncc1C(NC)C(OCC)C(C)C. The van der Waals surface area contributed by atoms with Crippen molar-refractivity contribution in [2.75, 3.05) is 13.7 Å². The monoisotopic (exact) mass is 254 g/mol.